The van der Waals surface area contributed by atoms with E-state index in [0.29, 0.717) is 11.7 Å². The van der Waals surface area contributed by atoms with E-state index in [0.717, 1.165) is 69.3 Å². The highest BCUT2D eigenvalue weighted by Gasteiger charge is 2.27. The number of halogens is 6. The number of phenols is 1. The first-order valence-electron chi connectivity index (χ1n) is 16.7. The quantitative estimate of drug-likeness (QED) is 0.207. The highest BCUT2D eigenvalue weighted by atomic mass is 79.9. The van der Waals surface area contributed by atoms with Crippen LogP contribution in [0.2, 0.25) is 0 Å². The van der Waals surface area contributed by atoms with E-state index in [2.05, 4.69) is 52.6 Å². The Morgan fingerprint density at radius 3 is 1.78 bits per heavy atom. The summed E-state index contributed by atoms with van der Waals surface area (Å²) in [5.41, 5.74) is 0. The third-order valence-electron chi connectivity index (χ3n) is 8.75. The Balaban J connectivity index is 0.000000226. The van der Waals surface area contributed by atoms with Crippen molar-refractivity contribution in [3.05, 3.63) is 56.5 Å². The molecule has 0 bridgehead atoms. The summed E-state index contributed by atoms with van der Waals surface area (Å²) in [6.45, 7) is 6.56. The van der Waals surface area contributed by atoms with Crippen molar-refractivity contribution in [1.29, 1.82) is 0 Å². The lowest BCUT2D eigenvalue weighted by molar-refractivity contribution is -0.117. The standard InChI is InChI=1S/C14H17BrF2O.C8H16O.C8H14O.C6H3BrF2O/c1-2-3-9-4-5-10(8-9)18-12-7-6-11(15)13(16)14(12)17;2*1-2-3-7-4-5-8(9)6-7;7-3-1-2-4(10)6(9)5(3)8/h6-7,9-10H,2-5,8H2,1H3;7-9H,2-6H2,1H3;7H,2-6H2,1H3;1-2,10H. The molecular formula is C36H50Br2F4O4. The number of aromatic hydroxyl groups is 1. The number of rotatable bonds is 8. The number of aliphatic hydroxyl groups excluding tert-OH is 1. The molecule has 3 aliphatic rings. The van der Waals surface area contributed by atoms with Crippen LogP contribution in [0.3, 0.4) is 0 Å². The molecule has 3 fully saturated rings. The van der Waals surface area contributed by atoms with Crippen LogP contribution in [0.4, 0.5) is 17.6 Å². The molecule has 0 amide bonds. The summed E-state index contributed by atoms with van der Waals surface area (Å²) in [4.78, 5) is 10.7. The fourth-order valence-corrected chi connectivity index (χ4v) is 6.98. The molecule has 0 spiro atoms. The molecule has 2 aromatic rings. The molecule has 260 valence electrons. The van der Waals surface area contributed by atoms with Crippen molar-refractivity contribution in [2.24, 2.45) is 17.8 Å². The molecule has 0 aliphatic heterocycles. The molecule has 2 N–H and O–H groups in total. The van der Waals surface area contributed by atoms with E-state index in [-0.39, 0.29) is 26.9 Å². The van der Waals surface area contributed by atoms with Gasteiger partial charge in [0.15, 0.2) is 23.1 Å². The van der Waals surface area contributed by atoms with E-state index < -0.39 is 29.0 Å². The van der Waals surface area contributed by atoms with Crippen LogP contribution in [0.15, 0.2) is 33.2 Å². The van der Waals surface area contributed by atoms with E-state index in [1.807, 2.05) is 0 Å². The maximum absolute atomic E-state index is 13.6. The SMILES string of the molecule is CCCC1CCC(=O)C1.CCCC1CCC(O)C1.CCCC1CCC(Oc2ccc(Br)c(F)c2F)C1.Oc1ccc(Br)c(F)c1F. The van der Waals surface area contributed by atoms with Crippen LogP contribution in [-0.4, -0.2) is 28.2 Å². The van der Waals surface area contributed by atoms with Crippen molar-refractivity contribution >= 4 is 37.6 Å². The smallest absolute Gasteiger partial charge is 0.201 e. The summed E-state index contributed by atoms with van der Waals surface area (Å²) >= 11 is 5.71. The number of ether oxygens (including phenoxy) is 1. The molecule has 3 saturated carbocycles. The van der Waals surface area contributed by atoms with Gasteiger partial charge in [-0.05, 0) is 119 Å². The van der Waals surface area contributed by atoms with Crippen molar-refractivity contribution < 1.29 is 37.3 Å². The number of aliphatic hydroxyl groups is 1. The molecule has 5 unspecified atom stereocenters. The van der Waals surface area contributed by atoms with Gasteiger partial charge in [-0.1, -0.05) is 59.3 Å². The first kappa shape index (κ1) is 40.5. The predicted octanol–water partition coefficient (Wildman–Crippen LogP) is 11.6. The van der Waals surface area contributed by atoms with Gasteiger partial charge in [-0.15, -0.1) is 0 Å². The van der Waals surface area contributed by atoms with Gasteiger partial charge in [0.25, 0.3) is 0 Å². The van der Waals surface area contributed by atoms with E-state index in [9.17, 15) is 22.4 Å². The van der Waals surface area contributed by atoms with Crippen LogP contribution in [0.5, 0.6) is 11.5 Å². The van der Waals surface area contributed by atoms with Gasteiger partial charge in [0.05, 0.1) is 21.2 Å². The van der Waals surface area contributed by atoms with Gasteiger partial charge in [0.2, 0.25) is 11.6 Å². The van der Waals surface area contributed by atoms with Gasteiger partial charge in [-0.25, -0.2) is 8.78 Å². The molecular weight excluding hydrogens is 732 g/mol. The third kappa shape index (κ3) is 13.8. The summed E-state index contributed by atoms with van der Waals surface area (Å²) in [6.07, 6.45) is 16.7. The second-order valence-corrected chi connectivity index (χ2v) is 14.3. The molecule has 0 heterocycles. The normalized spacial score (nSPS) is 23.5. The number of Topliss-reactive ketones (excluding diaryl/α,β-unsaturated/α-hetero) is 1. The Morgan fingerprint density at radius 2 is 1.26 bits per heavy atom. The summed E-state index contributed by atoms with van der Waals surface area (Å²) < 4.78 is 57.5. The minimum atomic E-state index is -1.23. The van der Waals surface area contributed by atoms with E-state index in [1.165, 1.54) is 63.1 Å². The molecule has 4 nitrogen and oxygen atoms in total. The summed E-state index contributed by atoms with van der Waals surface area (Å²) in [5.74, 6) is -2.00. The Hall–Kier alpha value is -1.65. The fourth-order valence-electron chi connectivity index (χ4n) is 6.37. The minimum absolute atomic E-state index is 0.00259. The number of carbonyl (C=O) groups excluding carboxylic acids is 1. The van der Waals surface area contributed by atoms with Gasteiger partial charge in [0.1, 0.15) is 5.78 Å². The van der Waals surface area contributed by atoms with Gasteiger partial charge < -0.3 is 14.9 Å². The zero-order valence-corrected chi connectivity index (χ0v) is 30.5. The third-order valence-corrected chi connectivity index (χ3v) is 9.98. The van der Waals surface area contributed by atoms with Crippen molar-refractivity contribution in [2.75, 3.05) is 0 Å². The van der Waals surface area contributed by atoms with Crippen LogP contribution in [0.25, 0.3) is 0 Å². The number of ketones is 1. The molecule has 2 aromatic carbocycles. The van der Waals surface area contributed by atoms with Gasteiger partial charge >= 0.3 is 0 Å². The van der Waals surface area contributed by atoms with Crippen LogP contribution >= 0.6 is 31.9 Å². The average Bonchev–Trinajstić information content (AvgIpc) is 3.77. The van der Waals surface area contributed by atoms with Crippen LogP contribution in [0.1, 0.15) is 117 Å². The first-order chi connectivity index (χ1) is 21.9. The predicted molar refractivity (Wildman–Crippen MR) is 182 cm³/mol. The minimum Gasteiger partial charge on any atom is -0.505 e. The molecule has 0 saturated heterocycles. The monoisotopic (exact) mass is 780 g/mol. The Labute approximate surface area is 289 Å². The Morgan fingerprint density at radius 1 is 0.717 bits per heavy atom. The van der Waals surface area contributed by atoms with Gasteiger partial charge in [0, 0.05) is 12.8 Å². The van der Waals surface area contributed by atoms with E-state index in [1.54, 1.807) is 0 Å². The molecule has 10 heteroatoms. The second-order valence-electron chi connectivity index (χ2n) is 12.6. The van der Waals surface area contributed by atoms with Crippen molar-refractivity contribution in [3.8, 4) is 11.5 Å². The fraction of sp³-hybridized carbons (Fsp3) is 0.639. The van der Waals surface area contributed by atoms with E-state index >= 15 is 0 Å². The van der Waals surface area contributed by atoms with Crippen LogP contribution in [0, 0.1) is 41.0 Å². The second kappa shape index (κ2) is 21.3. The maximum Gasteiger partial charge on any atom is 0.201 e. The first-order valence-corrected chi connectivity index (χ1v) is 18.3. The maximum atomic E-state index is 13.6. The lowest BCUT2D eigenvalue weighted by Crippen LogP contribution is -2.13. The van der Waals surface area contributed by atoms with E-state index in [4.69, 9.17) is 14.9 Å². The Kier molecular flexibility index (Phi) is 18.8. The van der Waals surface area contributed by atoms with Crippen molar-refractivity contribution in [1.82, 2.24) is 0 Å². The zero-order valence-electron chi connectivity index (χ0n) is 27.3. The zero-order chi connectivity index (χ0) is 34.2. The number of hydrogen-bond acceptors (Lipinski definition) is 4. The number of hydrogen-bond donors (Lipinski definition) is 2. The Bertz CT molecular complexity index is 1190. The lowest BCUT2D eigenvalue weighted by Gasteiger charge is -2.15. The topological polar surface area (TPSA) is 66.8 Å². The highest BCUT2D eigenvalue weighted by molar-refractivity contribution is 9.10. The van der Waals surface area contributed by atoms with Crippen molar-refractivity contribution in [3.63, 3.8) is 0 Å². The highest BCUT2D eigenvalue weighted by Crippen LogP contribution is 2.34. The lowest BCUT2D eigenvalue weighted by atomic mass is 10.0. The van der Waals surface area contributed by atoms with Gasteiger partial charge in [-0.2, -0.15) is 8.78 Å². The largest absolute Gasteiger partial charge is 0.505 e. The van der Waals surface area contributed by atoms with Crippen LogP contribution in [-0.2, 0) is 4.79 Å². The summed E-state index contributed by atoms with van der Waals surface area (Å²) in [5, 5.41) is 17.7. The average molecular weight is 783 g/mol. The van der Waals surface area contributed by atoms with Crippen LogP contribution < -0.4 is 4.74 Å². The molecule has 3 aliphatic carbocycles. The molecule has 0 radical (unpaired) electrons. The number of phenolic OH excluding ortho intramolecular Hbond substituents is 1. The molecule has 5 rings (SSSR count). The summed E-state index contributed by atoms with van der Waals surface area (Å²) in [6, 6.07) is 5.26. The molecule has 46 heavy (non-hydrogen) atoms. The number of benzene rings is 2. The molecule has 0 aromatic heterocycles. The van der Waals surface area contributed by atoms with Crippen molar-refractivity contribution in [2.45, 2.75) is 129 Å². The molecule has 5 atom stereocenters. The summed E-state index contributed by atoms with van der Waals surface area (Å²) in [7, 11) is 0. The number of carbonyl (C=O) groups is 1. The van der Waals surface area contributed by atoms with Gasteiger partial charge in [-0.3, -0.25) is 4.79 Å².